The number of hydrogen-bond donors (Lipinski definition) is 2. The number of halogens is 1. The Morgan fingerprint density at radius 2 is 1.81 bits per heavy atom. The van der Waals surface area contributed by atoms with Crippen LogP contribution in [0.2, 0.25) is 0 Å². The maximum Gasteiger partial charge on any atom is 0.310 e. The van der Waals surface area contributed by atoms with Crippen LogP contribution in [0, 0.1) is 12.3 Å². The molecule has 1 aromatic heterocycles. The van der Waals surface area contributed by atoms with Gasteiger partial charge in [0.05, 0.1) is 33.4 Å². The van der Waals surface area contributed by atoms with Crippen molar-refractivity contribution in [3.8, 4) is 11.3 Å². The van der Waals surface area contributed by atoms with Crippen LogP contribution in [0.1, 0.15) is 61.9 Å². The molecule has 2 bridgehead atoms. The number of nitrogens with zero attached hydrogens (tertiary/aromatic N) is 2. The summed E-state index contributed by atoms with van der Waals surface area (Å²) in [5, 5.41) is 18.4. The molecule has 0 aliphatic heterocycles. The molecule has 37 heavy (non-hydrogen) atoms. The van der Waals surface area contributed by atoms with Gasteiger partial charge in [-0.15, -0.1) is 0 Å². The van der Waals surface area contributed by atoms with Crippen molar-refractivity contribution >= 4 is 44.4 Å². The van der Waals surface area contributed by atoms with E-state index in [1.54, 1.807) is 0 Å². The van der Waals surface area contributed by atoms with Crippen LogP contribution in [0.4, 0.5) is 0 Å². The first kappa shape index (κ1) is 25.4. The Balaban J connectivity index is 1.60. The van der Waals surface area contributed by atoms with Crippen molar-refractivity contribution < 1.29 is 19.5 Å². The number of carbonyl (C=O) groups is 2. The van der Waals surface area contributed by atoms with Gasteiger partial charge in [-0.3, -0.25) is 9.59 Å². The van der Waals surface area contributed by atoms with E-state index in [-0.39, 0.29) is 18.4 Å². The molecule has 0 atom stereocenters. The lowest BCUT2D eigenvalue weighted by Gasteiger charge is -2.51. The summed E-state index contributed by atoms with van der Waals surface area (Å²) < 4.78 is 0.857. The van der Waals surface area contributed by atoms with Crippen molar-refractivity contribution in [2.45, 2.75) is 64.5 Å². The van der Waals surface area contributed by atoms with E-state index in [0.717, 1.165) is 32.2 Å². The third-order valence-electron chi connectivity index (χ3n) is 7.76. The normalized spacial score (nSPS) is 24.0. The lowest BCUT2D eigenvalue weighted by molar-refractivity contribution is -0.152. The van der Waals surface area contributed by atoms with E-state index < -0.39 is 16.9 Å². The zero-order chi connectivity index (χ0) is 26.4. The fourth-order valence-electron chi connectivity index (χ4n) is 5.67. The first-order chi connectivity index (χ1) is 17.6. The number of rotatable bonds is 6. The number of pyridine rings is 1. The van der Waals surface area contributed by atoms with Crippen molar-refractivity contribution in [3.63, 3.8) is 0 Å². The van der Waals surface area contributed by atoms with E-state index in [2.05, 4.69) is 26.4 Å². The Labute approximate surface area is 224 Å². The van der Waals surface area contributed by atoms with Gasteiger partial charge in [0, 0.05) is 21.8 Å². The van der Waals surface area contributed by atoms with Gasteiger partial charge in [0.15, 0.2) is 0 Å². The minimum Gasteiger partial charge on any atom is -0.481 e. The average Bonchev–Trinajstić information content (AvgIpc) is 2.88. The van der Waals surface area contributed by atoms with Crippen LogP contribution in [0.3, 0.4) is 0 Å². The first-order valence-corrected chi connectivity index (χ1v) is 13.4. The van der Waals surface area contributed by atoms with Gasteiger partial charge in [-0.25, -0.2) is 4.98 Å². The molecule has 2 aromatic carbocycles. The standard InChI is InChI=1S/C29H30BrN3O4/c1-17(2)37-33-23-16-28(27(35)36)11-13-29(23,14-12-28)32-26(34)24-18(3)25(19-7-5-4-6-8-19)31-22-10-9-20(30)15-21(22)24/h4-10,15,17H,11-14,16H2,1-3H3,(H,32,34)(H,35,36)/b33-23+. The summed E-state index contributed by atoms with van der Waals surface area (Å²) in [5.41, 5.74) is 2.77. The molecular formula is C29H30BrN3O4. The highest BCUT2D eigenvalue weighted by Gasteiger charge is 2.57. The second-order valence-electron chi connectivity index (χ2n) is 10.5. The van der Waals surface area contributed by atoms with E-state index >= 15 is 0 Å². The van der Waals surface area contributed by atoms with Gasteiger partial charge >= 0.3 is 5.97 Å². The number of amides is 1. The molecule has 0 spiro atoms. The summed E-state index contributed by atoms with van der Waals surface area (Å²) in [4.78, 5) is 36.8. The second kappa shape index (κ2) is 9.56. The number of hydrogen-bond acceptors (Lipinski definition) is 5. The number of carboxylic acids is 1. The molecule has 0 unspecified atom stereocenters. The van der Waals surface area contributed by atoms with E-state index in [9.17, 15) is 14.7 Å². The molecule has 0 saturated heterocycles. The molecule has 3 saturated carbocycles. The summed E-state index contributed by atoms with van der Waals surface area (Å²) in [6.45, 7) is 5.67. The van der Waals surface area contributed by atoms with E-state index in [4.69, 9.17) is 9.82 Å². The monoisotopic (exact) mass is 563 g/mol. The van der Waals surface area contributed by atoms with Crippen LogP contribution in [0.25, 0.3) is 22.2 Å². The number of oxime groups is 1. The first-order valence-electron chi connectivity index (χ1n) is 12.6. The van der Waals surface area contributed by atoms with E-state index in [0.29, 0.717) is 37.0 Å². The Morgan fingerprint density at radius 3 is 2.46 bits per heavy atom. The molecular weight excluding hydrogens is 534 g/mol. The van der Waals surface area contributed by atoms with Crippen LogP contribution >= 0.6 is 15.9 Å². The van der Waals surface area contributed by atoms with Crippen LogP contribution < -0.4 is 5.32 Å². The van der Waals surface area contributed by atoms with Gasteiger partial charge in [-0.05, 0) is 70.2 Å². The number of fused-ring (bicyclic) bond motifs is 4. The summed E-state index contributed by atoms with van der Waals surface area (Å²) in [6.07, 6.45) is 2.09. The predicted octanol–water partition coefficient (Wildman–Crippen LogP) is 6.27. The molecule has 8 heteroatoms. The van der Waals surface area contributed by atoms with Crippen molar-refractivity contribution in [2.75, 3.05) is 0 Å². The van der Waals surface area contributed by atoms with Gasteiger partial charge in [0.25, 0.3) is 5.91 Å². The average molecular weight is 564 g/mol. The van der Waals surface area contributed by atoms with Crippen molar-refractivity contribution in [3.05, 3.63) is 64.1 Å². The number of aliphatic carboxylic acids is 1. The molecule has 1 heterocycles. The van der Waals surface area contributed by atoms with Gasteiger partial charge < -0.3 is 15.3 Å². The Kier molecular flexibility index (Phi) is 6.56. The summed E-state index contributed by atoms with van der Waals surface area (Å²) in [5.74, 6) is -1.03. The molecule has 192 valence electrons. The maximum atomic E-state index is 14.2. The largest absolute Gasteiger partial charge is 0.481 e. The highest BCUT2D eigenvalue weighted by atomic mass is 79.9. The van der Waals surface area contributed by atoms with Gasteiger partial charge in [0.1, 0.15) is 6.10 Å². The Morgan fingerprint density at radius 1 is 1.11 bits per heavy atom. The smallest absolute Gasteiger partial charge is 0.310 e. The van der Waals surface area contributed by atoms with Crippen LogP contribution in [-0.2, 0) is 9.63 Å². The number of benzene rings is 2. The zero-order valence-electron chi connectivity index (χ0n) is 21.2. The number of aromatic nitrogens is 1. The Hall–Kier alpha value is -3.26. The van der Waals surface area contributed by atoms with Crippen molar-refractivity contribution in [2.24, 2.45) is 10.6 Å². The molecule has 3 aromatic rings. The lowest BCUT2D eigenvalue weighted by atomic mass is 9.56. The molecule has 3 fully saturated rings. The third kappa shape index (κ3) is 4.52. The molecule has 2 N–H and O–H groups in total. The fraction of sp³-hybridized carbons (Fsp3) is 0.379. The van der Waals surface area contributed by atoms with Gasteiger partial charge in [-0.2, -0.15) is 0 Å². The van der Waals surface area contributed by atoms with Gasteiger partial charge in [0.2, 0.25) is 0 Å². The number of carboxylic acid groups (broad SMARTS) is 1. The molecule has 0 radical (unpaired) electrons. The van der Waals surface area contributed by atoms with E-state index in [1.807, 2.05) is 69.3 Å². The van der Waals surface area contributed by atoms with Gasteiger partial charge in [-0.1, -0.05) is 51.4 Å². The topological polar surface area (TPSA) is 101 Å². The minimum atomic E-state index is -0.851. The quantitative estimate of drug-likeness (QED) is 0.344. The van der Waals surface area contributed by atoms with E-state index in [1.165, 1.54) is 0 Å². The lowest BCUT2D eigenvalue weighted by Crippen LogP contribution is -2.64. The highest BCUT2D eigenvalue weighted by Crippen LogP contribution is 2.51. The third-order valence-corrected chi connectivity index (χ3v) is 8.26. The summed E-state index contributed by atoms with van der Waals surface area (Å²) in [6, 6.07) is 15.6. The predicted molar refractivity (Wildman–Crippen MR) is 147 cm³/mol. The number of carbonyl (C=O) groups excluding carboxylic acids is 1. The highest BCUT2D eigenvalue weighted by molar-refractivity contribution is 9.10. The van der Waals surface area contributed by atoms with Crippen molar-refractivity contribution in [1.82, 2.24) is 10.3 Å². The van der Waals surface area contributed by atoms with Crippen LogP contribution in [-0.4, -0.2) is 39.3 Å². The Bertz CT molecular complexity index is 1410. The summed E-state index contributed by atoms with van der Waals surface area (Å²) in [7, 11) is 0. The zero-order valence-corrected chi connectivity index (χ0v) is 22.8. The van der Waals surface area contributed by atoms with Crippen molar-refractivity contribution in [1.29, 1.82) is 0 Å². The molecule has 3 aliphatic rings. The molecule has 3 aliphatic carbocycles. The summed E-state index contributed by atoms with van der Waals surface area (Å²) >= 11 is 3.55. The maximum absolute atomic E-state index is 14.2. The SMILES string of the molecule is Cc1c(-c2ccccc2)nc2ccc(Br)cc2c1C(=O)NC12CCC(C(=O)O)(CC1)C/C2=N\OC(C)C. The molecule has 1 amide bonds. The fourth-order valence-corrected chi connectivity index (χ4v) is 6.03. The molecule has 6 rings (SSSR count). The molecule has 7 nitrogen and oxygen atoms in total. The van der Waals surface area contributed by atoms with Crippen LogP contribution in [0.15, 0.2) is 58.2 Å². The second-order valence-corrected chi connectivity index (χ2v) is 11.4. The van der Waals surface area contributed by atoms with Crippen LogP contribution in [0.5, 0.6) is 0 Å². The number of nitrogens with one attached hydrogen (secondary N) is 1. The minimum absolute atomic E-state index is 0.154.